The van der Waals surface area contributed by atoms with Gasteiger partial charge in [-0.05, 0) is 25.3 Å². The Bertz CT molecular complexity index is 852. The molecule has 0 aliphatic carbocycles. The van der Waals surface area contributed by atoms with Crippen LogP contribution >= 0.6 is 0 Å². The highest BCUT2D eigenvalue weighted by molar-refractivity contribution is 7.90. The molecule has 0 saturated carbocycles. The van der Waals surface area contributed by atoms with Crippen molar-refractivity contribution in [1.82, 2.24) is 14.9 Å². The highest BCUT2D eigenvalue weighted by Gasteiger charge is 2.50. The molecule has 0 atom stereocenters. The van der Waals surface area contributed by atoms with Gasteiger partial charge in [0.15, 0.2) is 5.96 Å². The molecule has 0 bridgehead atoms. The molecule has 0 unspecified atom stereocenters. The lowest BCUT2D eigenvalue weighted by Gasteiger charge is -2.32. The van der Waals surface area contributed by atoms with Gasteiger partial charge in [-0.25, -0.2) is 13.4 Å². The van der Waals surface area contributed by atoms with Crippen molar-refractivity contribution in [3.63, 3.8) is 0 Å². The zero-order chi connectivity index (χ0) is 21.7. The molecule has 0 spiro atoms. The van der Waals surface area contributed by atoms with E-state index in [-0.39, 0.29) is 44.2 Å². The van der Waals surface area contributed by atoms with Crippen LogP contribution in [0.3, 0.4) is 0 Å². The summed E-state index contributed by atoms with van der Waals surface area (Å²) in [4.78, 5) is 14.7. The molecule has 1 saturated heterocycles. The summed E-state index contributed by atoms with van der Waals surface area (Å²) in [6.45, 7) is 2.04. The lowest BCUT2D eigenvalue weighted by atomic mass is 10.1. The fourth-order valence-electron chi connectivity index (χ4n) is 2.84. The number of hydrogen-bond acceptors (Lipinski definition) is 5. The van der Waals surface area contributed by atoms with Crippen molar-refractivity contribution < 1.29 is 26.5 Å². The van der Waals surface area contributed by atoms with E-state index in [2.05, 4.69) is 15.6 Å². The largest absolute Gasteiger partial charge is 0.511 e. The van der Waals surface area contributed by atoms with Crippen LogP contribution < -0.4 is 10.6 Å². The number of alkyl halides is 3. The van der Waals surface area contributed by atoms with Crippen LogP contribution in [0.15, 0.2) is 29.3 Å². The highest BCUT2D eigenvalue weighted by Crippen LogP contribution is 2.28. The van der Waals surface area contributed by atoms with Crippen molar-refractivity contribution in [2.75, 3.05) is 19.6 Å². The van der Waals surface area contributed by atoms with Crippen LogP contribution in [-0.4, -0.2) is 54.8 Å². The molecule has 0 aromatic heterocycles. The van der Waals surface area contributed by atoms with Crippen LogP contribution in [0, 0.1) is 10.1 Å². The Morgan fingerprint density at radius 3 is 2.55 bits per heavy atom. The first-order chi connectivity index (χ1) is 13.5. The molecule has 1 fully saturated rings. The van der Waals surface area contributed by atoms with Crippen LogP contribution in [0.5, 0.6) is 0 Å². The number of nitrogens with one attached hydrogen (secondary N) is 2. The first kappa shape index (κ1) is 22.9. The number of nitro groups is 1. The van der Waals surface area contributed by atoms with Gasteiger partial charge in [0.2, 0.25) is 0 Å². The number of nitrogens with zero attached hydrogens (tertiary/aromatic N) is 3. The second-order valence-corrected chi connectivity index (χ2v) is 8.32. The zero-order valence-electron chi connectivity index (χ0n) is 15.6. The molecule has 9 nitrogen and oxygen atoms in total. The van der Waals surface area contributed by atoms with Gasteiger partial charge in [-0.15, -0.1) is 0 Å². The van der Waals surface area contributed by atoms with Gasteiger partial charge >= 0.3 is 15.5 Å². The Labute approximate surface area is 166 Å². The molecule has 1 aromatic carbocycles. The van der Waals surface area contributed by atoms with Crippen LogP contribution in [0.25, 0.3) is 0 Å². The Hall–Kier alpha value is -2.41. The number of non-ortho nitro benzene ring substituents is 1. The lowest BCUT2D eigenvalue weighted by molar-refractivity contribution is -0.384. The van der Waals surface area contributed by atoms with E-state index in [0.717, 1.165) is 0 Å². The molecule has 0 radical (unpaired) electrons. The highest BCUT2D eigenvalue weighted by atomic mass is 32.2. The van der Waals surface area contributed by atoms with Crippen molar-refractivity contribution in [2.45, 2.75) is 37.9 Å². The molecule has 1 aromatic rings. The molecule has 29 heavy (non-hydrogen) atoms. The minimum absolute atomic E-state index is 0.0473. The summed E-state index contributed by atoms with van der Waals surface area (Å²) in [5, 5.41) is 16.9. The van der Waals surface area contributed by atoms with Crippen molar-refractivity contribution >= 4 is 21.7 Å². The molecular weight excluding hydrogens is 415 g/mol. The molecule has 1 aliphatic heterocycles. The van der Waals surface area contributed by atoms with Gasteiger partial charge in [0, 0.05) is 37.8 Å². The average molecular weight is 437 g/mol. The number of benzene rings is 1. The summed E-state index contributed by atoms with van der Waals surface area (Å²) in [5.41, 5.74) is -4.72. The normalized spacial score (nSPS) is 17.2. The maximum Gasteiger partial charge on any atom is 0.511 e. The van der Waals surface area contributed by atoms with Gasteiger partial charge in [-0.1, -0.05) is 12.1 Å². The maximum atomic E-state index is 12.6. The number of nitro benzene ring substituents is 1. The zero-order valence-corrected chi connectivity index (χ0v) is 16.5. The van der Waals surface area contributed by atoms with Crippen molar-refractivity contribution in [3.8, 4) is 0 Å². The summed E-state index contributed by atoms with van der Waals surface area (Å²) in [6, 6.07) is 5.78. The number of hydrogen-bond donors (Lipinski definition) is 2. The fourth-order valence-corrected chi connectivity index (χ4v) is 3.82. The number of piperidine rings is 1. The van der Waals surface area contributed by atoms with Crippen LogP contribution in [0.4, 0.5) is 18.9 Å². The topological polar surface area (TPSA) is 117 Å². The first-order valence-corrected chi connectivity index (χ1v) is 10.3. The van der Waals surface area contributed by atoms with Gasteiger partial charge in [0.25, 0.3) is 5.69 Å². The van der Waals surface area contributed by atoms with E-state index < -0.39 is 20.5 Å². The van der Waals surface area contributed by atoms with Crippen LogP contribution in [0.2, 0.25) is 0 Å². The Kier molecular flexibility index (Phi) is 7.41. The minimum Gasteiger partial charge on any atom is -0.357 e. The van der Waals surface area contributed by atoms with E-state index in [1.54, 1.807) is 12.1 Å². The molecule has 162 valence electrons. The quantitative estimate of drug-likeness (QED) is 0.304. The third kappa shape index (κ3) is 6.03. The van der Waals surface area contributed by atoms with E-state index in [9.17, 15) is 31.7 Å². The monoisotopic (exact) mass is 437 g/mol. The third-order valence-electron chi connectivity index (χ3n) is 4.31. The van der Waals surface area contributed by atoms with Gasteiger partial charge < -0.3 is 10.6 Å². The molecule has 2 rings (SSSR count). The van der Waals surface area contributed by atoms with Gasteiger partial charge in [-0.2, -0.15) is 17.5 Å². The van der Waals surface area contributed by atoms with Crippen LogP contribution in [-0.2, 0) is 16.6 Å². The van der Waals surface area contributed by atoms with Gasteiger partial charge in [0.1, 0.15) is 0 Å². The molecule has 0 amide bonds. The predicted octanol–water partition coefficient (Wildman–Crippen LogP) is 1.96. The Balaban J connectivity index is 1.98. The Morgan fingerprint density at radius 2 is 2.00 bits per heavy atom. The summed E-state index contributed by atoms with van der Waals surface area (Å²) in [6.07, 6.45) is 0.382. The molecule has 1 aliphatic rings. The number of guanidine groups is 1. The second kappa shape index (κ2) is 9.39. The molecular formula is C16H22F3N5O4S. The first-order valence-electron chi connectivity index (χ1n) is 8.89. The molecule has 13 heteroatoms. The van der Waals surface area contributed by atoms with Gasteiger partial charge in [-0.3, -0.25) is 10.1 Å². The smallest absolute Gasteiger partial charge is 0.357 e. The minimum atomic E-state index is -5.31. The van der Waals surface area contributed by atoms with Crippen molar-refractivity contribution in [1.29, 1.82) is 0 Å². The van der Waals surface area contributed by atoms with E-state index in [4.69, 9.17) is 0 Å². The van der Waals surface area contributed by atoms with Crippen LogP contribution in [0.1, 0.15) is 25.3 Å². The lowest BCUT2D eigenvalue weighted by Crippen LogP contribution is -2.51. The summed E-state index contributed by atoms with van der Waals surface area (Å²) >= 11 is 0. The van der Waals surface area contributed by atoms with E-state index >= 15 is 0 Å². The van der Waals surface area contributed by atoms with Gasteiger partial charge in [0.05, 0.1) is 11.5 Å². The second-order valence-electron chi connectivity index (χ2n) is 6.39. The molecule has 1 heterocycles. The van der Waals surface area contributed by atoms with E-state index in [1.165, 1.54) is 12.1 Å². The number of sulfonamides is 1. The summed E-state index contributed by atoms with van der Waals surface area (Å²) < 4.78 is 61.3. The number of halogens is 3. The summed E-state index contributed by atoms with van der Waals surface area (Å²) in [7, 11) is -5.31. The van der Waals surface area contributed by atoms with Crippen molar-refractivity contribution in [3.05, 3.63) is 39.9 Å². The summed E-state index contributed by atoms with van der Waals surface area (Å²) in [5.74, 6) is 0.399. The standard InChI is InChI=1S/C16H22F3N5O4S/c1-2-20-15(21-11-12-4-3-5-14(10-12)24(25)26)22-13-6-8-23(9-7-13)29(27,28)16(17,18)19/h3-5,10,13H,2,6-9,11H2,1H3,(H2,20,21,22). The van der Waals surface area contributed by atoms with E-state index in [1.807, 2.05) is 6.92 Å². The Morgan fingerprint density at radius 1 is 1.34 bits per heavy atom. The van der Waals surface area contributed by atoms with E-state index in [0.29, 0.717) is 22.4 Å². The number of rotatable bonds is 6. The maximum absolute atomic E-state index is 12.6. The SMILES string of the molecule is CCNC(=NCc1cccc([N+](=O)[O-])c1)NC1CCN(S(=O)(=O)C(F)(F)F)CC1. The predicted molar refractivity (Wildman–Crippen MR) is 101 cm³/mol. The third-order valence-corrected chi connectivity index (χ3v) is 5.94. The molecule has 2 N–H and O–H groups in total. The fraction of sp³-hybridized carbons (Fsp3) is 0.562. The average Bonchev–Trinajstić information content (AvgIpc) is 2.66. The van der Waals surface area contributed by atoms with Crippen molar-refractivity contribution in [2.24, 2.45) is 4.99 Å². The number of aliphatic imine (C=N–C) groups is 1.